The van der Waals surface area contributed by atoms with Crippen molar-refractivity contribution in [3.05, 3.63) is 110 Å². The van der Waals surface area contributed by atoms with Crippen molar-refractivity contribution in [3.8, 4) is 34.5 Å². The summed E-state index contributed by atoms with van der Waals surface area (Å²) < 4.78 is 44.8. The summed E-state index contributed by atoms with van der Waals surface area (Å²) in [7, 11) is 0. The number of aromatic nitrogens is 3. The highest BCUT2D eigenvalue weighted by Crippen LogP contribution is 2.35. The number of anilines is 1. The second-order valence-corrected chi connectivity index (χ2v) is 19.7. The van der Waals surface area contributed by atoms with Gasteiger partial charge in [0.25, 0.3) is 0 Å². The number of carbonyl (C=O) groups excluding carboxylic acids is 6. The summed E-state index contributed by atoms with van der Waals surface area (Å²) in [4.78, 5) is 89.3. The van der Waals surface area contributed by atoms with Crippen LogP contribution in [0, 0.1) is 23.7 Å². The van der Waals surface area contributed by atoms with E-state index < -0.39 is 41.6 Å². The summed E-state index contributed by atoms with van der Waals surface area (Å²) in [6.07, 6.45) is 17.2. The molecule has 0 radical (unpaired) electrons. The first-order chi connectivity index (χ1) is 38.0. The van der Waals surface area contributed by atoms with E-state index in [1.807, 2.05) is 0 Å². The molecule has 2 aliphatic rings. The van der Waals surface area contributed by atoms with Crippen LogP contribution in [0.2, 0.25) is 0 Å². The predicted octanol–water partition coefficient (Wildman–Crippen LogP) is 10.5. The Morgan fingerprint density at radius 1 is 0.526 bits per heavy atom. The van der Waals surface area contributed by atoms with Gasteiger partial charge in [-0.2, -0.15) is 10.1 Å². The summed E-state index contributed by atoms with van der Waals surface area (Å²) in [5.41, 5.74) is 3.68. The second kappa shape index (κ2) is 30.7. The van der Waals surface area contributed by atoms with Crippen LogP contribution in [0.4, 0.5) is 5.13 Å². The van der Waals surface area contributed by atoms with Gasteiger partial charge in [-0.15, -0.1) is 0 Å². The molecule has 19 nitrogen and oxygen atoms in total. The van der Waals surface area contributed by atoms with Crippen LogP contribution in [0.15, 0.2) is 110 Å². The molecule has 2 aliphatic carbocycles. The van der Waals surface area contributed by atoms with Crippen LogP contribution in [0.5, 0.6) is 34.5 Å². The largest absolute Gasteiger partial charge is 0.494 e. The van der Waals surface area contributed by atoms with E-state index in [0.717, 1.165) is 63.5 Å². The average Bonchev–Trinajstić information content (AvgIpc) is 3.90. The number of nitrogens with one attached hydrogen (secondary N) is 1. The smallest absolute Gasteiger partial charge is 0.330 e. The quantitative estimate of drug-likeness (QED) is 0.0117. The molecule has 0 unspecified atom stereocenters. The third-order valence-corrected chi connectivity index (χ3v) is 14.0. The highest BCUT2D eigenvalue weighted by molar-refractivity contribution is 7.21. The lowest BCUT2D eigenvalue weighted by atomic mass is 9.82. The maximum absolute atomic E-state index is 13.7. The van der Waals surface area contributed by atoms with E-state index in [0.29, 0.717) is 122 Å². The van der Waals surface area contributed by atoms with Crippen molar-refractivity contribution in [2.24, 2.45) is 28.8 Å². The van der Waals surface area contributed by atoms with E-state index in [4.69, 9.17) is 37.9 Å². The Labute approximate surface area is 456 Å². The molecule has 2 heterocycles. The van der Waals surface area contributed by atoms with Gasteiger partial charge in [-0.05, 0) is 169 Å². The Hall–Kier alpha value is -8.00. The molecule has 7 rings (SSSR count). The fourth-order valence-corrected chi connectivity index (χ4v) is 9.47. The fraction of sp³-hybridized carbons (Fsp3) is 0.414. The lowest BCUT2D eigenvalue weighted by Crippen LogP contribution is -2.30. The Morgan fingerprint density at radius 3 is 1.40 bits per heavy atom. The van der Waals surface area contributed by atoms with Crippen LogP contribution in [-0.4, -0.2) is 83.4 Å². The molecule has 0 spiro atoms. The minimum Gasteiger partial charge on any atom is -0.494 e. The van der Waals surface area contributed by atoms with Gasteiger partial charge in [-0.1, -0.05) is 24.5 Å². The van der Waals surface area contributed by atoms with E-state index >= 15 is 0 Å². The first kappa shape index (κ1) is 57.7. The van der Waals surface area contributed by atoms with Crippen molar-refractivity contribution in [3.63, 3.8) is 0 Å². The lowest BCUT2D eigenvalue weighted by Gasteiger charge is -2.26. The van der Waals surface area contributed by atoms with Crippen molar-refractivity contribution < 1.29 is 66.7 Å². The first-order valence-corrected chi connectivity index (χ1v) is 27.3. The number of rotatable bonds is 29. The van der Waals surface area contributed by atoms with Gasteiger partial charge < -0.3 is 37.9 Å². The normalized spacial score (nSPS) is 17.0. The number of carbonyl (C=O) groups is 6. The van der Waals surface area contributed by atoms with Crippen LogP contribution < -0.4 is 33.8 Å². The number of hydrogen-bond acceptors (Lipinski definition) is 20. The van der Waals surface area contributed by atoms with Crippen LogP contribution >= 0.6 is 11.3 Å². The standard InChI is InChI=1S/C58H65N5O14S/c1-3-50(64)72-35-11-7-5-9-33-70-44-21-25-46(26-22-44)74-54(66)39-13-15-41(16-14-39)56(68)76-48-29-30-49(43(37-48)38-61-63-58-62-52-53(78-58)60-32-31-59-52)77-57(69)42-19-17-40(18-20-42)55(67)75-47-27-23-45(24-28-47)71-34-10-6-8-12-36-73-51(65)4-2/h3-4,21-32,37-42H,1-2,5-20,33-36H2,(H,59,62,63)/b61-38+. The Kier molecular flexibility index (Phi) is 22.7. The molecule has 3 aromatic carbocycles. The molecule has 1 N–H and O–H groups in total. The predicted molar refractivity (Wildman–Crippen MR) is 289 cm³/mol. The number of hydrogen-bond donors (Lipinski definition) is 1. The van der Waals surface area contributed by atoms with Gasteiger partial charge in [-0.3, -0.25) is 24.6 Å². The third-order valence-electron chi connectivity index (χ3n) is 13.1. The number of unbranched alkanes of at least 4 members (excludes halogenated alkanes) is 6. The van der Waals surface area contributed by atoms with Gasteiger partial charge in [0.15, 0.2) is 10.5 Å². The molecule has 0 bridgehead atoms. The molecule has 2 fully saturated rings. The Bertz CT molecular complexity index is 2810. The van der Waals surface area contributed by atoms with Gasteiger partial charge >= 0.3 is 35.8 Å². The maximum atomic E-state index is 13.7. The van der Waals surface area contributed by atoms with Crippen molar-refractivity contribution in [2.45, 2.75) is 103 Å². The Balaban J connectivity index is 0.852. The van der Waals surface area contributed by atoms with E-state index in [1.165, 1.54) is 17.6 Å². The van der Waals surface area contributed by atoms with Gasteiger partial charge in [0.2, 0.25) is 5.13 Å². The average molecular weight is 1090 g/mol. The van der Waals surface area contributed by atoms with Crippen molar-refractivity contribution in [1.29, 1.82) is 0 Å². The van der Waals surface area contributed by atoms with Crippen LogP contribution in [-0.2, 0) is 38.2 Å². The third kappa shape index (κ3) is 18.6. The zero-order valence-corrected chi connectivity index (χ0v) is 44.3. The minimum absolute atomic E-state index is 0.186. The van der Waals surface area contributed by atoms with E-state index in [9.17, 15) is 28.8 Å². The van der Waals surface area contributed by atoms with Crippen LogP contribution in [0.3, 0.4) is 0 Å². The zero-order chi connectivity index (χ0) is 54.9. The monoisotopic (exact) mass is 1090 g/mol. The van der Waals surface area contributed by atoms with Crippen LogP contribution in [0.25, 0.3) is 10.5 Å². The van der Waals surface area contributed by atoms with Crippen molar-refractivity contribution in [2.75, 3.05) is 31.9 Å². The highest BCUT2D eigenvalue weighted by atomic mass is 32.1. The second-order valence-electron chi connectivity index (χ2n) is 18.8. The molecule has 0 saturated heterocycles. The molecule has 0 atom stereocenters. The van der Waals surface area contributed by atoms with Crippen molar-refractivity contribution >= 4 is 69.0 Å². The molecular weight excluding hydrogens is 1020 g/mol. The highest BCUT2D eigenvalue weighted by Gasteiger charge is 2.34. The summed E-state index contributed by atoms with van der Waals surface area (Å²) in [5.74, 6) is -1.66. The molecular formula is C58H65N5O14S. The topological polar surface area (TPSA) is 239 Å². The van der Waals surface area contributed by atoms with Crippen molar-refractivity contribution in [1.82, 2.24) is 15.0 Å². The molecule has 2 saturated carbocycles. The molecule has 412 valence electrons. The van der Waals surface area contributed by atoms with E-state index in [2.05, 4.69) is 38.6 Å². The number of thiazole rings is 1. The maximum Gasteiger partial charge on any atom is 0.330 e. The Morgan fingerprint density at radius 2 is 0.936 bits per heavy atom. The number of benzene rings is 3. The molecule has 0 aliphatic heterocycles. The SMILES string of the molecule is C=CC(=O)OCCCCCCOc1ccc(OC(=O)C2CCC(C(=O)Oc3ccc(OC(=O)C4CCC(C(=O)Oc5ccc(OCCCCCCOC(=O)C=C)cc5)CC4)c(/C=N/Nc4nc5nccnc5s4)c3)CC2)cc1. The fourth-order valence-electron chi connectivity index (χ4n) is 8.75. The number of ether oxygens (including phenoxy) is 8. The van der Waals surface area contributed by atoms with E-state index in [-0.39, 0.29) is 29.4 Å². The number of hydrazone groups is 1. The number of nitrogens with zero attached hydrogens (tertiary/aromatic N) is 4. The summed E-state index contributed by atoms with van der Waals surface area (Å²) in [5, 5.41) is 4.77. The van der Waals surface area contributed by atoms with E-state index in [1.54, 1.807) is 79.1 Å². The molecule has 20 heteroatoms. The van der Waals surface area contributed by atoms with Gasteiger partial charge in [0.05, 0.1) is 56.3 Å². The van der Waals surface area contributed by atoms with Gasteiger partial charge in [0.1, 0.15) is 34.5 Å². The summed E-state index contributed by atoms with van der Waals surface area (Å²) in [6, 6.07) is 18.4. The van der Waals surface area contributed by atoms with Gasteiger partial charge in [0, 0.05) is 30.1 Å². The summed E-state index contributed by atoms with van der Waals surface area (Å²) in [6.45, 7) is 8.55. The first-order valence-electron chi connectivity index (χ1n) is 26.4. The number of fused-ring (bicyclic) bond motifs is 1. The summed E-state index contributed by atoms with van der Waals surface area (Å²) >= 11 is 1.25. The van der Waals surface area contributed by atoms with Crippen LogP contribution in [0.1, 0.15) is 108 Å². The molecule has 2 aromatic heterocycles. The zero-order valence-electron chi connectivity index (χ0n) is 43.5. The number of esters is 6. The minimum atomic E-state index is -0.474. The van der Waals surface area contributed by atoms with Gasteiger partial charge in [-0.25, -0.2) is 19.6 Å². The molecule has 5 aromatic rings. The molecule has 0 amide bonds. The lowest BCUT2D eigenvalue weighted by molar-refractivity contribution is -0.145. The molecule has 78 heavy (non-hydrogen) atoms.